The van der Waals surface area contributed by atoms with Crippen molar-refractivity contribution < 1.29 is 63.0 Å². The van der Waals surface area contributed by atoms with E-state index in [4.69, 9.17) is 9.47 Å². The highest BCUT2D eigenvalue weighted by atomic mass is 19.4. The maximum atomic E-state index is 14.9. The SMILES string of the molecule is O=C1Nc2ncccc2C2(CCN(CC[C@@H]3CC[C@@H](c4cccc(F)c4F)Cn4c3nnc4C3(C(F)(F)F)CC3)CC2)O1.O=C1Nc2ncccc2C2(CCN(CC[C@H]3CC[C@H](c4cccc(F)c4F)Cn4c3nnc4C3(C(F)(F)F)CC3)CC2)O1. The van der Waals surface area contributed by atoms with Gasteiger partial charge in [0.1, 0.15) is 57.0 Å². The lowest BCUT2D eigenvalue weighted by Crippen LogP contribution is -2.48. The van der Waals surface area contributed by atoms with Crippen LogP contribution in [0, 0.1) is 23.3 Å². The number of carbonyl (C=O) groups excluding carboxylic acids is 2. The van der Waals surface area contributed by atoms with Gasteiger partial charge in [-0.3, -0.25) is 10.6 Å². The van der Waals surface area contributed by atoms with Crippen LogP contribution in [0.15, 0.2) is 73.1 Å². The molecule has 2 amide bonds. The van der Waals surface area contributed by atoms with Crippen molar-refractivity contribution in [2.45, 2.75) is 161 Å². The number of pyridine rings is 2. The van der Waals surface area contributed by atoms with E-state index in [0.717, 1.165) is 23.3 Å². The van der Waals surface area contributed by atoms with Gasteiger partial charge in [-0.25, -0.2) is 37.1 Å². The fraction of sp³-hybridized carbons (Fsp3) is 0.533. The maximum Gasteiger partial charge on any atom is 0.413 e. The fourth-order valence-electron chi connectivity index (χ4n) is 14.4. The molecule has 4 aromatic heterocycles. The van der Waals surface area contributed by atoms with Crippen LogP contribution in [0.5, 0.6) is 0 Å². The molecule has 2 aliphatic carbocycles. The molecule has 10 heterocycles. The number of fused-ring (bicyclic) bond motifs is 6. The van der Waals surface area contributed by atoms with E-state index >= 15 is 0 Å². The number of nitrogens with one attached hydrogen (secondary N) is 2. The number of anilines is 2. The number of halogens is 10. The topological polar surface area (TPSA) is 170 Å². The average Bonchev–Trinajstić information content (AvgIpc) is 1.66. The lowest BCUT2D eigenvalue weighted by molar-refractivity contribution is -0.163. The molecule has 8 aliphatic rings. The number of amides is 2. The van der Waals surface area contributed by atoms with Crippen LogP contribution >= 0.6 is 0 Å². The molecule has 2 saturated heterocycles. The summed E-state index contributed by atoms with van der Waals surface area (Å²) in [6.45, 7) is 4.04. The molecule has 16 nitrogen and oxygen atoms in total. The van der Waals surface area contributed by atoms with Gasteiger partial charge in [0, 0.05) is 112 Å². The Hall–Kier alpha value is -7.22. The number of carbonyl (C=O) groups is 2. The average molecular weight is 1210 g/mol. The molecule has 14 rings (SSSR count). The van der Waals surface area contributed by atoms with E-state index in [0.29, 0.717) is 127 Å². The second kappa shape index (κ2) is 21.9. The summed E-state index contributed by atoms with van der Waals surface area (Å²) in [5.74, 6) is -3.58. The number of hydrogen-bond donors (Lipinski definition) is 2. The van der Waals surface area contributed by atoms with Crippen LogP contribution in [0.3, 0.4) is 0 Å². The smallest absolute Gasteiger partial charge is 0.413 e. The number of benzene rings is 2. The minimum absolute atomic E-state index is 0.0610. The minimum Gasteiger partial charge on any atom is -0.438 e. The molecule has 2 spiro atoms. The molecule has 2 saturated carbocycles. The normalized spacial score (nSPS) is 24.4. The van der Waals surface area contributed by atoms with Gasteiger partial charge in [-0.2, -0.15) is 26.3 Å². The zero-order valence-electron chi connectivity index (χ0n) is 46.7. The highest BCUT2D eigenvalue weighted by molar-refractivity contribution is 5.88. The third-order valence-corrected chi connectivity index (χ3v) is 19.6. The van der Waals surface area contributed by atoms with Crippen molar-refractivity contribution in [2.24, 2.45) is 0 Å². The summed E-state index contributed by atoms with van der Waals surface area (Å²) in [4.78, 5) is 37.6. The molecule has 4 atom stereocenters. The van der Waals surface area contributed by atoms with Gasteiger partial charge in [-0.15, -0.1) is 20.4 Å². The number of aromatic nitrogens is 8. The van der Waals surface area contributed by atoms with Crippen molar-refractivity contribution in [1.29, 1.82) is 0 Å². The zero-order valence-corrected chi connectivity index (χ0v) is 46.7. The lowest BCUT2D eigenvalue weighted by Gasteiger charge is -2.44. The van der Waals surface area contributed by atoms with Crippen LogP contribution in [0.4, 0.5) is 65.1 Å². The van der Waals surface area contributed by atoms with Crippen molar-refractivity contribution >= 4 is 23.8 Å². The monoisotopic (exact) mass is 1200 g/mol. The molecule has 26 heteroatoms. The summed E-state index contributed by atoms with van der Waals surface area (Å²) in [7, 11) is 0. The molecule has 6 aromatic rings. The van der Waals surface area contributed by atoms with Gasteiger partial charge in [0.25, 0.3) is 0 Å². The van der Waals surface area contributed by atoms with E-state index < -0.39 is 81.7 Å². The van der Waals surface area contributed by atoms with Crippen LogP contribution in [0.2, 0.25) is 0 Å². The van der Waals surface area contributed by atoms with E-state index in [1.165, 1.54) is 24.3 Å². The van der Waals surface area contributed by atoms with Gasteiger partial charge in [0.2, 0.25) is 0 Å². The number of alkyl halides is 6. The van der Waals surface area contributed by atoms with Crippen molar-refractivity contribution in [2.75, 3.05) is 49.9 Å². The van der Waals surface area contributed by atoms with Crippen molar-refractivity contribution in [3.63, 3.8) is 0 Å². The number of ether oxygens (including phenoxy) is 2. The molecule has 2 N–H and O–H groups in total. The first-order valence-electron chi connectivity index (χ1n) is 29.4. The van der Waals surface area contributed by atoms with Crippen LogP contribution < -0.4 is 10.6 Å². The molecule has 2 aromatic carbocycles. The molecule has 4 fully saturated rings. The quantitative estimate of drug-likeness (QED) is 0.125. The van der Waals surface area contributed by atoms with E-state index in [-0.39, 0.29) is 73.4 Å². The van der Waals surface area contributed by atoms with Crippen LogP contribution in [0.1, 0.15) is 159 Å². The molecular weight excluding hydrogens is 1140 g/mol. The highest BCUT2D eigenvalue weighted by Crippen LogP contribution is 2.60. The standard InChI is InChI=1S/2C30H31F5N6O2/c2*31-22-5-1-3-20(23(22)32)19-7-6-18(25-38-39-26(41(25)17-19)28(9-10-28)30(33,34)35)8-14-40-15-11-29(12-16-40)21-4-2-13-36-24(21)37-27(42)43-29/h2*1-5,13,18-19H,6-12,14-17H2,(H,36,37,42)/t2*18-,19+/m10/s1. The fourth-order valence-corrected chi connectivity index (χ4v) is 14.4. The molecule has 0 radical (unpaired) electrons. The Morgan fingerprint density at radius 2 is 0.907 bits per heavy atom. The molecule has 0 bridgehead atoms. The summed E-state index contributed by atoms with van der Waals surface area (Å²) in [6.07, 6.45) is -1.40. The van der Waals surface area contributed by atoms with E-state index in [9.17, 15) is 53.5 Å². The second-order valence-corrected chi connectivity index (χ2v) is 24.5. The molecule has 456 valence electrons. The van der Waals surface area contributed by atoms with Gasteiger partial charge in [0.15, 0.2) is 23.3 Å². The largest absolute Gasteiger partial charge is 0.438 e. The Kier molecular flexibility index (Phi) is 14.7. The van der Waals surface area contributed by atoms with Crippen LogP contribution in [-0.4, -0.2) is 113 Å². The summed E-state index contributed by atoms with van der Waals surface area (Å²) < 4.78 is 158. The first-order chi connectivity index (χ1) is 41.2. The Morgan fingerprint density at radius 3 is 1.28 bits per heavy atom. The summed E-state index contributed by atoms with van der Waals surface area (Å²) in [5, 5.41) is 22.1. The predicted octanol–water partition coefficient (Wildman–Crippen LogP) is 12.3. The van der Waals surface area contributed by atoms with Crippen molar-refractivity contribution in [3.05, 3.63) is 142 Å². The van der Waals surface area contributed by atoms with Crippen LogP contribution in [0.25, 0.3) is 0 Å². The number of piperidine rings is 2. The molecular formula is C60H62F10N12O4. The number of nitrogens with zero attached hydrogens (tertiary/aromatic N) is 10. The number of rotatable bonds is 10. The van der Waals surface area contributed by atoms with Gasteiger partial charge < -0.3 is 28.4 Å². The predicted molar refractivity (Wildman–Crippen MR) is 289 cm³/mol. The summed E-state index contributed by atoms with van der Waals surface area (Å²) in [5.41, 5.74) is -3.56. The molecule has 6 aliphatic heterocycles. The third kappa shape index (κ3) is 10.3. The van der Waals surface area contributed by atoms with E-state index in [2.05, 4.69) is 50.8 Å². The van der Waals surface area contributed by atoms with Gasteiger partial charge in [0.05, 0.1) is 0 Å². The summed E-state index contributed by atoms with van der Waals surface area (Å²) >= 11 is 0. The zero-order chi connectivity index (χ0) is 60.0. The maximum absolute atomic E-state index is 14.9. The Labute approximate surface area is 487 Å². The Morgan fingerprint density at radius 1 is 0.512 bits per heavy atom. The lowest BCUT2D eigenvalue weighted by atomic mass is 9.83. The number of likely N-dealkylation sites (tertiary alicyclic amines) is 2. The third-order valence-electron chi connectivity index (χ3n) is 19.6. The van der Waals surface area contributed by atoms with Crippen LogP contribution in [-0.2, 0) is 44.6 Å². The van der Waals surface area contributed by atoms with E-state index in [1.54, 1.807) is 21.5 Å². The molecule has 0 unspecified atom stereocenters. The summed E-state index contributed by atoms with van der Waals surface area (Å²) in [6, 6.07) is 15.4. The second-order valence-electron chi connectivity index (χ2n) is 24.5. The first kappa shape index (κ1) is 57.8. The minimum atomic E-state index is -4.48. The van der Waals surface area contributed by atoms with E-state index in [1.807, 2.05) is 24.3 Å². The Bertz CT molecular complexity index is 3320. The van der Waals surface area contributed by atoms with Gasteiger partial charge >= 0.3 is 24.5 Å². The van der Waals surface area contributed by atoms with Crippen molar-refractivity contribution in [3.8, 4) is 0 Å². The first-order valence-corrected chi connectivity index (χ1v) is 29.4. The van der Waals surface area contributed by atoms with Gasteiger partial charge in [-0.1, -0.05) is 24.3 Å². The molecule has 86 heavy (non-hydrogen) atoms. The Balaban J connectivity index is 0.000000160. The van der Waals surface area contributed by atoms with Gasteiger partial charge in [-0.05, 0) is 125 Å². The number of hydrogen-bond acceptors (Lipinski definition) is 12. The highest BCUT2D eigenvalue weighted by Gasteiger charge is 2.68. The van der Waals surface area contributed by atoms with Crippen molar-refractivity contribution in [1.82, 2.24) is 49.3 Å².